The molecular formula is C18H24N4O3. The van der Waals surface area contributed by atoms with Gasteiger partial charge in [-0.3, -0.25) is 4.68 Å². The van der Waals surface area contributed by atoms with Crippen LogP contribution in [0.15, 0.2) is 42.7 Å². The zero-order valence-corrected chi connectivity index (χ0v) is 14.2. The summed E-state index contributed by atoms with van der Waals surface area (Å²) >= 11 is 0. The third-order valence-corrected chi connectivity index (χ3v) is 4.02. The molecule has 0 bridgehead atoms. The number of rotatable bonds is 8. The Morgan fingerprint density at radius 2 is 2.36 bits per heavy atom. The molecule has 1 saturated heterocycles. The van der Waals surface area contributed by atoms with Gasteiger partial charge in [0.05, 0.1) is 12.6 Å². The second kappa shape index (κ2) is 9.08. The highest BCUT2D eigenvalue weighted by Crippen LogP contribution is 2.17. The molecule has 2 N–H and O–H groups in total. The predicted molar refractivity (Wildman–Crippen MR) is 94.8 cm³/mol. The Morgan fingerprint density at radius 3 is 3.16 bits per heavy atom. The first-order chi connectivity index (χ1) is 12.3. The standard InChI is InChI=1S/C18H24N4O3/c23-18(19-9-7-16-6-2-12-24-16)21-15-4-1-5-17(14-15)25-13-11-22-10-3-8-20-22/h1,3-5,8,10,14,16H,2,6-7,9,11-13H2,(H2,19,21,23). The fourth-order valence-electron chi connectivity index (χ4n) is 2.75. The quantitative estimate of drug-likeness (QED) is 0.772. The lowest BCUT2D eigenvalue weighted by Crippen LogP contribution is -2.31. The molecule has 3 rings (SSSR count). The van der Waals surface area contributed by atoms with Gasteiger partial charge in [-0.25, -0.2) is 4.79 Å². The number of hydrogen-bond donors (Lipinski definition) is 2. The summed E-state index contributed by atoms with van der Waals surface area (Å²) in [7, 11) is 0. The van der Waals surface area contributed by atoms with E-state index in [4.69, 9.17) is 9.47 Å². The first kappa shape index (κ1) is 17.3. The zero-order valence-electron chi connectivity index (χ0n) is 14.2. The maximum Gasteiger partial charge on any atom is 0.319 e. The summed E-state index contributed by atoms with van der Waals surface area (Å²) in [6, 6.07) is 9.02. The van der Waals surface area contributed by atoms with Gasteiger partial charge >= 0.3 is 6.03 Å². The Morgan fingerprint density at radius 1 is 1.40 bits per heavy atom. The molecule has 7 heteroatoms. The summed E-state index contributed by atoms with van der Waals surface area (Å²) in [6.45, 7) is 2.63. The van der Waals surface area contributed by atoms with Crippen LogP contribution in [0.25, 0.3) is 0 Å². The first-order valence-electron chi connectivity index (χ1n) is 8.66. The van der Waals surface area contributed by atoms with E-state index in [2.05, 4.69) is 15.7 Å². The number of amides is 2. The second-order valence-electron chi connectivity index (χ2n) is 5.95. The summed E-state index contributed by atoms with van der Waals surface area (Å²) in [5.74, 6) is 0.712. The minimum atomic E-state index is -0.216. The molecule has 1 atom stereocenters. The zero-order chi connectivity index (χ0) is 17.3. The molecule has 7 nitrogen and oxygen atoms in total. The van der Waals surface area contributed by atoms with Crippen molar-refractivity contribution >= 4 is 11.7 Å². The Balaban J connectivity index is 1.38. The van der Waals surface area contributed by atoms with Crippen LogP contribution in [0.4, 0.5) is 10.5 Å². The lowest BCUT2D eigenvalue weighted by molar-refractivity contribution is 0.105. The number of carbonyl (C=O) groups excluding carboxylic acids is 1. The van der Waals surface area contributed by atoms with Gasteiger partial charge in [0.2, 0.25) is 0 Å². The van der Waals surface area contributed by atoms with E-state index >= 15 is 0 Å². The summed E-state index contributed by atoms with van der Waals surface area (Å²) in [5, 5.41) is 9.80. The molecule has 1 aromatic heterocycles. The van der Waals surface area contributed by atoms with E-state index in [1.807, 2.05) is 41.2 Å². The maximum absolute atomic E-state index is 12.0. The number of urea groups is 1. The van der Waals surface area contributed by atoms with Gasteiger partial charge in [0, 0.05) is 37.3 Å². The first-order valence-corrected chi connectivity index (χ1v) is 8.66. The summed E-state index contributed by atoms with van der Waals surface area (Å²) in [5.41, 5.74) is 0.700. The van der Waals surface area contributed by atoms with Crippen LogP contribution in [0, 0.1) is 0 Å². The van der Waals surface area contributed by atoms with Gasteiger partial charge in [0.15, 0.2) is 0 Å². The van der Waals surface area contributed by atoms with Crippen molar-refractivity contribution in [3.63, 3.8) is 0 Å². The topological polar surface area (TPSA) is 77.4 Å². The Bertz CT molecular complexity index is 654. The smallest absolute Gasteiger partial charge is 0.319 e. The lowest BCUT2D eigenvalue weighted by atomic mass is 10.2. The van der Waals surface area contributed by atoms with Crippen molar-refractivity contribution in [1.82, 2.24) is 15.1 Å². The third kappa shape index (κ3) is 5.79. The number of benzene rings is 1. The molecular weight excluding hydrogens is 320 g/mol. The van der Waals surface area contributed by atoms with Crippen molar-refractivity contribution in [3.8, 4) is 5.75 Å². The van der Waals surface area contributed by atoms with Gasteiger partial charge in [0.25, 0.3) is 0 Å². The van der Waals surface area contributed by atoms with E-state index in [9.17, 15) is 4.79 Å². The summed E-state index contributed by atoms with van der Waals surface area (Å²) < 4.78 is 13.0. The molecule has 0 spiro atoms. The molecule has 1 fully saturated rings. The SMILES string of the molecule is O=C(NCCC1CCCO1)Nc1cccc(OCCn2cccn2)c1. The highest BCUT2D eigenvalue weighted by atomic mass is 16.5. The van der Waals surface area contributed by atoms with E-state index in [0.717, 1.165) is 25.9 Å². The molecule has 2 aromatic rings. The van der Waals surface area contributed by atoms with Crippen molar-refractivity contribution in [2.24, 2.45) is 0 Å². The van der Waals surface area contributed by atoms with Gasteiger partial charge in [0.1, 0.15) is 12.4 Å². The minimum Gasteiger partial charge on any atom is -0.492 e. The molecule has 1 aliphatic rings. The number of anilines is 1. The minimum absolute atomic E-state index is 0.216. The number of carbonyl (C=O) groups is 1. The van der Waals surface area contributed by atoms with Crippen molar-refractivity contribution in [2.75, 3.05) is 25.1 Å². The Hall–Kier alpha value is -2.54. The van der Waals surface area contributed by atoms with Crippen LogP contribution >= 0.6 is 0 Å². The number of hydrogen-bond acceptors (Lipinski definition) is 4. The normalized spacial score (nSPS) is 16.6. The van der Waals surface area contributed by atoms with Gasteiger partial charge in [-0.15, -0.1) is 0 Å². The molecule has 25 heavy (non-hydrogen) atoms. The largest absolute Gasteiger partial charge is 0.492 e. The van der Waals surface area contributed by atoms with Crippen molar-refractivity contribution in [2.45, 2.75) is 31.9 Å². The lowest BCUT2D eigenvalue weighted by Gasteiger charge is -2.12. The molecule has 1 unspecified atom stereocenters. The van der Waals surface area contributed by atoms with Crippen molar-refractivity contribution < 1.29 is 14.3 Å². The van der Waals surface area contributed by atoms with Gasteiger partial charge < -0.3 is 20.1 Å². The van der Waals surface area contributed by atoms with Crippen LogP contribution in [-0.2, 0) is 11.3 Å². The number of ether oxygens (including phenoxy) is 2. The number of nitrogens with zero attached hydrogens (tertiary/aromatic N) is 2. The van der Waals surface area contributed by atoms with Crippen molar-refractivity contribution in [1.29, 1.82) is 0 Å². The summed E-state index contributed by atoms with van der Waals surface area (Å²) in [6.07, 6.45) is 6.96. The summed E-state index contributed by atoms with van der Waals surface area (Å²) in [4.78, 5) is 12.0. The van der Waals surface area contributed by atoms with E-state index in [0.29, 0.717) is 31.1 Å². The highest BCUT2D eigenvalue weighted by Gasteiger charge is 2.15. The Kier molecular flexibility index (Phi) is 6.28. The maximum atomic E-state index is 12.0. The molecule has 0 saturated carbocycles. The molecule has 134 valence electrons. The molecule has 1 aromatic carbocycles. The number of aromatic nitrogens is 2. The predicted octanol–water partition coefficient (Wildman–Crippen LogP) is 2.65. The van der Waals surface area contributed by atoms with Crippen molar-refractivity contribution in [3.05, 3.63) is 42.7 Å². The van der Waals surface area contributed by atoms with E-state index in [1.54, 1.807) is 6.20 Å². The van der Waals surface area contributed by atoms with Crippen LogP contribution in [0.5, 0.6) is 5.75 Å². The molecule has 0 radical (unpaired) electrons. The molecule has 2 amide bonds. The molecule has 2 heterocycles. The third-order valence-electron chi connectivity index (χ3n) is 4.02. The van der Waals surface area contributed by atoms with E-state index < -0.39 is 0 Å². The fourth-order valence-corrected chi connectivity index (χ4v) is 2.75. The fraction of sp³-hybridized carbons (Fsp3) is 0.444. The van der Waals surface area contributed by atoms with E-state index in [-0.39, 0.29) is 12.1 Å². The second-order valence-corrected chi connectivity index (χ2v) is 5.95. The number of nitrogens with one attached hydrogen (secondary N) is 2. The monoisotopic (exact) mass is 344 g/mol. The molecule has 0 aliphatic carbocycles. The van der Waals surface area contributed by atoms with Gasteiger partial charge in [-0.1, -0.05) is 6.07 Å². The van der Waals surface area contributed by atoms with Gasteiger partial charge in [-0.2, -0.15) is 5.10 Å². The van der Waals surface area contributed by atoms with Crippen LogP contribution in [0.3, 0.4) is 0 Å². The average molecular weight is 344 g/mol. The Labute approximate surface area is 147 Å². The highest BCUT2D eigenvalue weighted by molar-refractivity contribution is 5.89. The van der Waals surface area contributed by atoms with E-state index in [1.165, 1.54) is 0 Å². The van der Waals surface area contributed by atoms with Gasteiger partial charge in [-0.05, 0) is 37.5 Å². The van der Waals surface area contributed by atoms with Crippen LogP contribution < -0.4 is 15.4 Å². The van der Waals surface area contributed by atoms with Crippen LogP contribution in [-0.4, -0.2) is 41.7 Å². The molecule has 1 aliphatic heterocycles. The van der Waals surface area contributed by atoms with Crippen LogP contribution in [0.2, 0.25) is 0 Å². The average Bonchev–Trinajstić information content (AvgIpc) is 3.29. The van der Waals surface area contributed by atoms with Crippen LogP contribution in [0.1, 0.15) is 19.3 Å².